The Morgan fingerprint density at radius 3 is 2.22 bits per heavy atom. The number of ether oxygens (including phenoxy) is 1. The van der Waals surface area contributed by atoms with Crippen LogP contribution in [-0.4, -0.2) is 37.4 Å². The average molecular weight is 315 g/mol. The molecule has 120 valence electrons. The molecule has 0 atom stereocenters. The van der Waals surface area contributed by atoms with E-state index in [4.69, 9.17) is 4.74 Å². The Hall–Kier alpha value is -2.90. The highest BCUT2D eigenvalue weighted by molar-refractivity contribution is 5.97. The van der Waals surface area contributed by atoms with Crippen LogP contribution < -0.4 is 5.32 Å². The molecule has 0 unspecified atom stereocenters. The predicted octanol–water partition coefficient (Wildman–Crippen LogP) is 2.48. The number of aromatic nitrogens is 4. The summed E-state index contributed by atoms with van der Waals surface area (Å²) in [6, 6.07) is 0. The number of Topliss-reactive ketones (excluding diaryl/α,β-unsaturated/α-hetero) is 1. The molecule has 0 aliphatic carbocycles. The molecule has 2 heterocycles. The molecule has 1 N–H and O–H groups in total. The third kappa shape index (κ3) is 4.53. The normalized spacial score (nSPS) is 11.0. The van der Waals surface area contributed by atoms with Crippen molar-refractivity contribution < 1.29 is 14.3 Å². The van der Waals surface area contributed by atoms with Crippen LogP contribution in [0, 0.1) is 0 Å². The summed E-state index contributed by atoms with van der Waals surface area (Å²) in [6.07, 6.45) is 5.10. The van der Waals surface area contributed by atoms with Gasteiger partial charge in [0.05, 0.1) is 18.1 Å². The molecular formula is C15H17N5O3. The Balaban J connectivity index is 2.18. The van der Waals surface area contributed by atoms with E-state index in [0.29, 0.717) is 11.4 Å². The van der Waals surface area contributed by atoms with E-state index in [1.165, 1.54) is 31.7 Å². The van der Waals surface area contributed by atoms with Crippen LogP contribution >= 0.6 is 0 Å². The van der Waals surface area contributed by atoms with Crippen LogP contribution in [0.4, 0.5) is 10.5 Å². The van der Waals surface area contributed by atoms with Crippen LogP contribution in [0.2, 0.25) is 0 Å². The number of nitrogens with one attached hydrogen (secondary N) is 1. The molecular weight excluding hydrogens is 298 g/mol. The van der Waals surface area contributed by atoms with E-state index in [-0.39, 0.29) is 17.3 Å². The second kappa shape index (κ2) is 6.47. The van der Waals surface area contributed by atoms with Crippen LogP contribution in [0.3, 0.4) is 0 Å². The van der Waals surface area contributed by atoms with E-state index in [1.54, 1.807) is 20.8 Å². The fourth-order valence-corrected chi connectivity index (χ4v) is 1.70. The van der Waals surface area contributed by atoms with E-state index in [2.05, 4.69) is 25.3 Å². The molecule has 0 saturated heterocycles. The minimum Gasteiger partial charge on any atom is -0.444 e. The van der Waals surface area contributed by atoms with Gasteiger partial charge in [-0.05, 0) is 20.8 Å². The second-order valence-electron chi connectivity index (χ2n) is 5.73. The van der Waals surface area contributed by atoms with Crippen molar-refractivity contribution >= 4 is 17.6 Å². The number of ketones is 1. The highest BCUT2D eigenvalue weighted by atomic mass is 16.6. The lowest BCUT2D eigenvalue weighted by atomic mass is 10.2. The van der Waals surface area contributed by atoms with Crippen LogP contribution in [0.5, 0.6) is 0 Å². The topological polar surface area (TPSA) is 107 Å². The number of anilines is 1. The van der Waals surface area contributed by atoms with Gasteiger partial charge in [0.1, 0.15) is 17.0 Å². The Kier molecular flexibility index (Phi) is 4.63. The summed E-state index contributed by atoms with van der Waals surface area (Å²) in [5.41, 5.74) is 0.265. The standard InChI is InChI=1S/C15H17N5O3/c1-9(21)11-12(17-6-5-16-11)13-18-7-10(8-19-13)20-14(22)23-15(2,3)4/h5-8H,1-4H3,(H,20,22). The van der Waals surface area contributed by atoms with Gasteiger partial charge in [-0.25, -0.2) is 24.7 Å². The van der Waals surface area contributed by atoms with E-state index < -0.39 is 11.7 Å². The maximum Gasteiger partial charge on any atom is 0.412 e. The number of nitrogens with zero attached hydrogens (tertiary/aromatic N) is 4. The number of carbonyl (C=O) groups is 2. The molecule has 0 saturated carbocycles. The lowest BCUT2D eigenvalue weighted by Crippen LogP contribution is -2.27. The van der Waals surface area contributed by atoms with Crippen LogP contribution in [-0.2, 0) is 4.74 Å². The fourth-order valence-electron chi connectivity index (χ4n) is 1.70. The maximum atomic E-state index is 11.7. The zero-order valence-corrected chi connectivity index (χ0v) is 13.3. The van der Waals surface area contributed by atoms with Gasteiger partial charge < -0.3 is 4.74 Å². The highest BCUT2D eigenvalue weighted by Gasteiger charge is 2.17. The first-order valence-electron chi connectivity index (χ1n) is 6.90. The van der Waals surface area contributed by atoms with Gasteiger partial charge in [0.15, 0.2) is 11.6 Å². The highest BCUT2D eigenvalue weighted by Crippen LogP contribution is 2.17. The molecule has 0 radical (unpaired) electrons. The minimum atomic E-state index is -0.599. The molecule has 0 spiro atoms. The monoisotopic (exact) mass is 315 g/mol. The van der Waals surface area contributed by atoms with E-state index >= 15 is 0 Å². The second-order valence-corrected chi connectivity index (χ2v) is 5.73. The van der Waals surface area contributed by atoms with Gasteiger partial charge in [0.2, 0.25) is 0 Å². The summed E-state index contributed by atoms with van der Waals surface area (Å²) in [5.74, 6) is 0.0192. The van der Waals surface area contributed by atoms with Crippen molar-refractivity contribution in [2.75, 3.05) is 5.32 Å². The van der Waals surface area contributed by atoms with Crippen molar-refractivity contribution in [2.24, 2.45) is 0 Å². The SMILES string of the molecule is CC(=O)c1nccnc1-c1ncc(NC(=O)OC(C)(C)C)cn1. The molecule has 2 aromatic heterocycles. The number of rotatable bonds is 3. The van der Waals surface area contributed by atoms with Crippen molar-refractivity contribution in [3.05, 3.63) is 30.5 Å². The molecule has 1 amide bonds. The molecule has 0 fully saturated rings. The van der Waals surface area contributed by atoms with Gasteiger partial charge in [0.25, 0.3) is 0 Å². The van der Waals surface area contributed by atoms with Crippen LogP contribution in [0.15, 0.2) is 24.8 Å². The van der Waals surface area contributed by atoms with Crippen molar-refractivity contribution in [1.82, 2.24) is 19.9 Å². The fraction of sp³-hybridized carbons (Fsp3) is 0.333. The number of amides is 1. The van der Waals surface area contributed by atoms with Crippen molar-refractivity contribution in [2.45, 2.75) is 33.3 Å². The third-order valence-corrected chi connectivity index (χ3v) is 2.54. The largest absolute Gasteiger partial charge is 0.444 e. The number of hydrogen-bond donors (Lipinski definition) is 1. The van der Waals surface area contributed by atoms with Crippen molar-refractivity contribution in [3.63, 3.8) is 0 Å². The van der Waals surface area contributed by atoms with Gasteiger partial charge >= 0.3 is 6.09 Å². The summed E-state index contributed by atoms with van der Waals surface area (Å²) in [6.45, 7) is 6.70. The van der Waals surface area contributed by atoms with E-state index in [1.807, 2.05) is 0 Å². The van der Waals surface area contributed by atoms with Crippen LogP contribution in [0.1, 0.15) is 38.2 Å². The molecule has 8 heteroatoms. The molecule has 2 aromatic rings. The summed E-state index contributed by atoms with van der Waals surface area (Å²) in [4.78, 5) is 39.5. The van der Waals surface area contributed by atoms with Gasteiger partial charge in [-0.1, -0.05) is 0 Å². The Labute approximate surface area is 133 Å². The average Bonchev–Trinajstić information content (AvgIpc) is 2.46. The van der Waals surface area contributed by atoms with Crippen LogP contribution in [0.25, 0.3) is 11.5 Å². The van der Waals surface area contributed by atoms with Gasteiger partial charge in [-0.15, -0.1) is 0 Å². The molecule has 0 aromatic carbocycles. The first kappa shape index (κ1) is 16.5. The lowest BCUT2D eigenvalue weighted by molar-refractivity contribution is 0.0635. The zero-order chi connectivity index (χ0) is 17.0. The maximum absolute atomic E-state index is 11.7. The summed E-state index contributed by atoms with van der Waals surface area (Å²) < 4.78 is 5.13. The summed E-state index contributed by atoms with van der Waals surface area (Å²) >= 11 is 0. The molecule has 2 rings (SSSR count). The lowest BCUT2D eigenvalue weighted by Gasteiger charge is -2.19. The smallest absolute Gasteiger partial charge is 0.412 e. The number of hydrogen-bond acceptors (Lipinski definition) is 7. The minimum absolute atomic E-state index is 0.195. The van der Waals surface area contributed by atoms with Crippen molar-refractivity contribution in [3.8, 4) is 11.5 Å². The molecule has 0 aliphatic rings. The Morgan fingerprint density at radius 1 is 1.04 bits per heavy atom. The van der Waals surface area contributed by atoms with E-state index in [0.717, 1.165) is 0 Å². The first-order valence-corrected chi connectivity index (χ1v) is 6.90. The third-order valence-electron chi connectivity index (χ3n) is 2.54. The predicted molar refractivity (Wildman–Crippen MR) is 82.9 cm³/mol. The number of carbonyl (C=O) groups excluding carboxylic acids is 2. The Morgan fingerprint density at radius 2 is 1.65 bits per heavy atom. The molecule has 0 bridgehead atoms. The Bertz CT molecular complexity index is 723. The first-order chi connectivity index (χ1) is 10.8. The van der Waals surface area contributed by atoms with E-state index in [9.17, 15) is 9.59 Å². The molecule has 0 aliphatic heterocycles. The molecule has 23 heavy (non-hydrogen) atoms. The van der Waals surface area contributed by atoms with Gasteiger partial charge in [0, 0.05) is 19.3 Å². The van der Waals surface area contributed by atoms with Gasteiger partial charge in [-0.2, -0.15) is 0 Å². The van der Waals surface area contributed by atoms with Gasteiger partial charge in [-0.3, -0.25) is 10.1 Å². The summed E-state index contributed by atoms with van der Waals surface area (Å²) in [5, 5.41) is 2.53. The quantitative estimate of drug-likeness (QED) is 0.867. The zero-order valence-electron chi connectivity index (χ0n) is 13.3. The van der Waals surface area contributed by atoms with Crippen molar-refractivity contribution in [1.29, 1.82) is 0 Å². The summed E-state index contributed by atoms with van der Waals surface area (Å²) in [7, 11) is 0. The molecule has 8 nitrogen and oxygen atoms in total.